The van der Waals surface area contributed by atoms with E-state index in [1.807, 2.05) is 6.92 Å². The molecule has 1 aromatic carbocycles. The molecule has 0 radical (unpaired) electrons. The quantitative estimate of drug-likeness (QED) is 0.816. The van der Waals surface area contributed by atoms with Gasteiger partial charge < -0.3 is 4.74 Å². The van der Waals surface area contributed by atoms with Crippen molar-refractivity contribution in [1.29, 1.82) is 0 Å². The Morgan fingerprint density at radius 3 is 2.71 bits per heavy atom. The maximum atomic E-state index is 12.4. The van der Waals surface area contributed by atoms with Crippen molar-refractivity contribution in [3.05, 3.63) is 41.6 Å². The molecule has 2 rings (SSSR count). The minimum atomic E-state index is -3.93. The van der Waals surface area contributed by atoms with Crippen LogP contribution in [0.1, 0.15) is 23.0 Å². The molecule has 1 heterocycles. The largest absolute Gasteiger partial charge is 0.465 e. The van der Waals surface area contributed by atoms with E-state index in [-0.39, 0.29) is 16.3 Å². The molecular weight excluding hydrogens is 294 g/mol. The number of carbonyl (C=O) groups is 1. The maximum absolute atomic E-state index is 12.4. The predicted octanol–water partition coefficient (Wildman–Crippen LogP) is 1.56. The van der Waals surface area contributed by atoms with E-state index in [9.17, 15) is 13.2 Å². The maximum Gasteiger partial charge on any atom is 0.339 e. The number of hydrogen-bond acceptors (Lipinski definition) is 5. The van der Waals surface area contributed by atoms with Crippen LogP contribution in [0.15, 0.2) is 35.2 Å². The third-order valence-corrected chi connectivity index (χ3v) is 4.25. The third kappa shape index (κ3) is 3.22. The summed E-state index contributed by atoms with van der Waals surface area (Å²) in [4.78, 5) is 11.5. The number of aryl methyl sites for hydroxylation is 1. The number of rotatable bonds is 5. The summed E-state index contributed by atoms with van der Waals surface area (Å²) in [5.41, 5.74) is 0.771. The predicted molar refractivity (Wildman–Crippen MR) is 76.6 cm³/mol. The van der Waals surface area contributed by atoms with E-state index in [4.69, 9.17) is 0 Å². The number of nitrogens with zero attached hydrogens (tertiary/aromatic N) is 1. The fourth-order valence-corrected chi connectivity index (χ4v) is 2.96. The number of methoxy groups -OCH3 is 1. The van der Waals surface area contributed by atoms with Crippen LogP contribution in [0.4, 0.5) is 5.82 Å². The van der Waals surface area contributed by atoms with Gasteiger partial charge in [-0.05, 0) is 18.6 Å². The highest BCUT2D eigenvalue weighted by Crippen LogP contribution is 2.19. The number of carbonyl (C=O) groups excluding carboxylic acids is 1. The summed E-state index contributed by atoms with van der Waals surface area (Å²) in [6.07, 6.45) is 0.702. The molecule has 0 aliphatic heterocycles. The van der Waals surface area contributed by atoms with E-state index in [2.05, 4.69) is 19.7 Å². The van der Waals surface area contributed by atoms with Crippen LogP contribution in [-0.4, -0.2) is 31.7 Å². The number of nitrogens with one attached hydrogen (secondary N) is 2. The molecule has 8 heteroatoms. The Hall–Kier alpha value is -2.35. The van der Waals surface area contributed by atoms with Crippen LogP contribution >= 0.6 is 0 Å². The van der Waals surface area contributed by atoms with Gasteiger partial charge >= 0.3 is 5.97 Å². The van der Waals surface area contributed by atoms with E-state index >= 15 is 0 Å². The lowest BCUT2D eigenvalue weighted by atomic mass is 10.2. The summed E-state index contributed by atoms with van der Waals surface area (Å²) in [7, 11) is -2.73. The molecule has 0 aliphatic carbocycles. The number of benzene rings is 1. The lowest BCUT2D eigenvalue weighted by molar-refractivity contribution is 0.0596. The van der Waals surface area contributed by atoms with Gasteiger partial charge in [0.2, 0.25) is 0 Å². The van der Waals surface area contributed by atoms with Crippen molar-refractivity contribution >= 4 is 21.8 Å². The Labute approximate surface area is 122 Å². The first-order valence-electron chi connectivity index (χ1n) is 6.22. The monoisotopic (exact) mass is 309 g/mol. The van der Waals surface area contributed by atoms with Gasteiger partial charge in [0, 0.05) is 11.8 Å². The summed E-state index contributed by atoms with van der Waals surface area (Å²) < 4.78 is 31.7. The van der Waals surface area contributed by atoms with E-state index in [0.717, 1.165) is 5.69 Å². The van der Waals surface area contributed by atoms with Gasteiger partial charge in [0.1, 0.15) is 4.90 Å². The van der Waals surface area contributed by atoms with Gasteiger partial charge in [-0.25, -0.2) is 13.2 Å². The molecule has 0 saturated carbocycles. The van der Waals surface area contributed by atoms with Crippen LogP contribution in [0.25, 0.3) is 0 Å². The smallest absolute Gasteiger partial charge is 0.339 e. The summed E-state index contributed by atoms with van der Waals surface area (Å²) in [5, 5.41) is 6.57. The van der Waals surface area contributed by atoms with Gasteiger partial charge in [-0.2, -0.15) is 5.10 Å². The van der Waals surface area contributed by atoms with Crippen LogP contribution < -0.4 is 4.72 Å². The number of aromatic nitrogens is 2. The molecule has 0 aliphatic rings. The van der Waals surface area contributed by atoms with Crippen LogP contribution in [0.5, 0.6) is 0 Å². The Morgan fingerprint density at radius 1 is 1.38 bits per heavy atom. The second-order valence-corrected chi connectivity index (χ2v) is 5.88. The number of aromatic amines is 1. The van der Waals surface area contributed by atoms with Crippen molar-refractivity contribution < 1.29 is 17.9 Å². The first-order chi connectivity index (χ1) is 9.97. The molecule has 0 unspecified atom stereocenters. The fraction of sp³-hybridized carbons (Fsp3) is 0.231. The second kappa shape index (κ2) is 5.96. The van der Waals surface area contributed by atoms with Gasteiger partial charge in [0.15, 0.2) is 5.82 Å². The standard InChI is InChI=1S/C13H15N3O4S/c1-3-9-8-12(15-14-9)16-21(18,19)11-7-5-4-6-10(11)13(17)20-2/h4-8H,3H2,1-2H3,(H2,14,15,16). The molecule has 1 aromatic heterocycles. The van der Waals surface area contributed by atoms with Crippen LogP contribution in [0.2, 0.25) is 0 Å². The van der Waals surface area contributed by atoms with E-state index in [1.165, 1.54) is 25.3 Å². The van der Waals surface area contributed by atoms with Gasteiger partial charge in [0.05, 0.1) is 12.7 Å². The number of esters is 1. The van der Waals surface area contributed by atoms with Crippen molar-refractivity contribution in [3.8, 4) is 0 Å². The molecule has 0 spiro atoms. The molecule has 112 valence electrons. The first-order valence-corrected chi connectivity index (χ1v) is 7.70. The Morgan fingerprint density at radius 2 is 2.10 bits per heavy atom. The molecule has 7 nitrogen and oxygen atoms in total. The molecule has 0 fully saturated rings. The van der Waals surface area contributed by atoms with E-state index in [1.54, 1.807) is 12.1 Å². The lowest BCUT2D eigenvalue weighted by Gasteiger charge is -2.09. The fourth-order valence-electron chi connectivity index (χ4n) is 1.77. The molecule has 2 aromatic rings. The zero-order valence-electron chi connectivity index (χ0n) is 11.6. The van der Waals surface area contributed by atoms with Gasteiger partial charge in [-0.3, -0.25) is 9.82 Å². The highest BCUT2D eigenvalue weighted by molar-refractivity contribution is 7.92. The molecule has 0 bridgehead atoms. The van der Waals surface area contributed by atoms with Gasteiger partial charge in [0.25, 0.3) is 10.0 Å². The zero-order chi connectivity index (χ0) is 15.5. The number of hydrogen-bond donors (Lipinski definition) is 2. The summed E-state index contributed by atoms with van der Waals surface area (Å²) >= 11 is 0. The van der Waals surface area contributed by atoms with Crippen molar-refractivity contribution in [2.24, 2.45) is 0 Å². The number of sulfonamides is 1. The van der Waals surface area contributed by atoms with Crippen LogP contribution in [-0.2, 0) is 21.2 Å². The van der Waals surface area contributed by atoms with E-state index < -0.39 is 16.0 Å². The number of anilines is 1. The Balaban J connectivity index is 2.38. The molecule has 0 saturated heterocycles. The van der Waals surface area contributed by atoms with E-state index in [0.29, 0.717) is 6.42 Å². The minimum absolute atomic E-state index is 0.0289. The van der Waals surface area contributed by atoms with Crippen molar-refractivity contribution in [3.63, 3.8) is 0 Å². The van der Waals surface area contributed by atoms with Gasteiger partial charge in [-0.15, -0.1) is 0 Å². The molecule has 0 atom stereocenters. The first kappa shape index (κ1) is 15.0. The summed E-state index contributed by atoms with van der Waals surface area (Å²) in [5.74, 6) is -0.543. The third-order valence-electron chi connectivity index (χ3n) is 2.83. The summed E-state index contributed by atoms with van der Waals surface area (Å²) in [6.45, 7) is 1.92. The topological polar surface area (TPSA) is 101 Å². The zero-order valence-corrected chi connectivity index (χ0v) is 12.4. The highest BCUT2D eigenvalue weighted by atomic mass is 32.2. The lowest BCUT2D eigenvalue weighted by Crippen LogP contribution is -2.17. The molecular formula is C13H15N3O4S. The van der Waals surface area contributed by atoms with Crippen LogP contribution in [0, 0.1) is 0 Å². The Kier molecular flexibility index (Phi) is 4.27. The number of H-pyrrole nitrogens is 1. The van der Waals surface area contributed by atoms with Crippen molar-refractivity contribution in [2.75, 3.05) is 11.8 Å². The summed E-state index contributed by atoms with van der Waals surface area (Å²) in [6, 6.07) is 7.42. The molecule has 0 amide bonds. The average molecular weight is 309 g/mol. The van der Waals surface area contributed by atoms with Crippen molar-refractivity contribution in [1.82, 2.24) is 10.2 Å². The molecule has 21 heavy (non-hydrogen) atoms. The SMILES string of the molecule is CCc1cc(NS(=O)(=O)c2ccccc2C(=O)OC)n[nH]1. The molecule has 2 N–H and O–H groups in total. The normalized spacial score (nSPS) is 11.1. The minimum Gasteiger partial charge on any atom is -0.465 e. The Bertz CT molecular complexity index is 752. The average Bonchev–Trinajstić information content (AvgIpc) is 2.93. The second-order valence-electron chi connectivity index (χ2n) is 4.23. The van der Waals surface area contributed by atoms with Gasteiger partial charge in [-0.1, -0.05) is 19.1 Å². The highest BCUT2D eigenvalue weighted by Gasteiger charge is 2.23. The number of ether oxygens (including phenoxy) is 1. The van der Waals surface area contributed by atoms with Crippen molar-refractivity contribution in [2.45, 2.75) is 18.2 Å². The van der Waals surface area contributed by atoms with Crippen LogP contribution in [0.3, 0.4) is 0 Å².